The van der Waals surface area contributed by atoms with Gasteiger partial charge in [-0.05, 0) is 39.8 Å². The lowest BCUT2D eigenvalue weighted by molar-refractivity contribution is 0.523. The molecule has 0 amide bonds. The zero-order valence-corrected chi connectivity index (χ0v) is 13.2. The topological polar surface area (TPSA) is 46.2 Å². The van der Waals surface area contributed by atoms with E-state index in [1.165, 1.54) is 6.07 Å². The Labute approximate surface area is 116 Å². The number of sulfonamides is 1. The molecule has 1 aromatic carbocycles. The number of nitrogens with one attached hydrogen (secondary N) is 1. The van der Waals surface area contributed by atoms with E-state index in [-0.39, 0.29) is 0 Å². The number of rotatable bonds is 3. The van der Waals surface area contributed by atoms with E-state index in [9.17, 15) is 12.8 Å². The summed E-state index contributed by atoms with van der Waals surface area (Å²) in [5.74, 6) is -0.437. The molecule has 0 heterocycles. The van der Waals surface area contributed by atoms with E-state index in [1.54, 1.807) is 39.8 Å². The Morgan fingerprint density at radius 1 is 1.33 bits per heavy atom. The molecular weight excluding hydrogens is 321 g/mol. The smallest absolute Gasteiger partial charge is 0.212 e. The van der Waals surface area contributed by atoms with E-state index in [1.807, 2.05) is 0 Å². The molecule has 0 aromatic heterocycles. The van der Waals surface area contributed by atoms with Crippen LogP contribution in [0.15, 0.2) is 22.7 Å². The second-order valence-corrected chi connectivity index (χ2v) is 8.50. The molecule has 102 valence electrons. The average Bonchev–Trinajstić information content (AvgIpc) is 2.14. The standard InChI is InChI=1S/C12H17BrFNO2S/c1-8(15-18(16,17)12(2,3)4)10-6-5-9(13)7-11(10)14/h5-8,15H,1-4H3/t8-/m0/s1. The predicted octanol–water partition coefficient (Wildman–Crippen LogP) is 3.37. The van der Waals surface area contributed by atoms with Gasteiger partial charge in [-0.3, -0.25) is 0 Å². The second kappa shape index (κ2) is 5.27. The SMILES string of the molecule is C[C@H](NS(=O)(=O)C(C)(C)C)c1ccc(Br)cc1F. The molecule has 18 heavy (non-hydrogen) atoms. The van der Waals surface area contributed by atoms with Crippen LogP contribution in [-0.2, 0) is 10.0 Å². The molecule has 0 saturated carbocycles. The van der Waals surface area contributed by atoms with Crippen LogP contribution in [0.4, 0.5) is 4.39 Å². The van der Waals surface area contributed by atoms with Crippen LogP contribution in [-0.4, -0.2) is 13.2 Å². The molecule has 6 heteroatoms. The first-order valence-electron chi connectivity index (χ1n) is 5.51. The Bertz CT molecular complexity index is 537. The van der Waals surface area contributed by atoms with Gasteiger partial charge in [0.2, 0.25) is 10.0 Å². The van der Waals surface area contributed by atoms with Gasteiger partial charge < -0.3 is 0 Å². The van der Waals surface area contributed by atoms with Gasteiger partial charge in [0, 0.05) is 16.1 Å². The number of hydrogen-bond acceptors (Lipinski definition) is 2. The van der Waals surface area contributed by atoms with Crippen LogP contribution in [0.3, 0.4) is 0 Å². The van der Waals surface area contributed by atoms with Gasteiger partial charge in [0.1, 0.15) is 5.82 Å². The van der Waals surface area contributed by atoms with Gasteiger partial charge in [-0.15, -0.1) is 0 Å². The molecule has 1 atom stereocenters. The van der Waals surface area contributed by atoms with Gasteiger partial charge in [-0.1, -0.05) is 22.0 Å². The maximum atomic E-state index is 13.7. The molecule has 1 rings (SSSR count). The molecule has 1 aromatic rings. The zero-order valence-electron chi connectivity index (χ0n) is 10.8. The van der Waals surface area contributed by atoms with Crippen molar-refractivity contribution < 1.29 is 12.8 Å². The molecule has 0 spiro atoms. The molecule has 0 fully saturated rings. The molecule has 3 nitrogen and oxygen atoms in total. The summed E-state index contributed by atoms with van der Waals surface area (Å²) in [4.78, 5) is 0. The van der Waals surface area contributed by atoms with E-state index in [0.29, 0.717) is 10.0 Å². The van der Waals surface area contributed by atoms with Crippen LogP contribution >= 0.6 is 15.9 Å². The third-order valence-electron chi connectivity index (χ3n) is 2.57. The highest BCUT2D eigenvalue weighted by molar-refractivity contribution is 9.10. The normalized spacial score (nSPS) is 14.6. The fourth-order valence-corrected chi connectivity index (χ4v) is 2.60. The van der Waals surface area contributed by atoms with Gasteiger partial charge in [0.05, 0.1) is 4.75 Å². The summed E-state index contributed by atoms with van der Waals surface area (Å²) in [6.45, 7) is 6.41. The second-order valence-electron chi connectivity index (χ2n) is 5.12. The Kier molecular flexibility index (Phi) is 4.56. The van der Waals surface area contributed by atoms with Gasteiger partial charge in [-0.25, -0.2) is 17.5 Å². The summed E-state index contributed by atoms with van der Waals surface area (Å²) in [6, 6.07) is 3.95. The van der Waals surface area contributed by atoms with E-state index in [0.717, 1.165) is 0 Å². The van der Waals surface area contributed by atoms with Crippen molar-refractivity contribution in [3.05, 3.63) is 34.1 Å². The summed E-state index contributed by atoms with van der Waals surface area (Å²) in [5.41, 5.74) is 0.325. The zero-order chi connectivity index (χ0) is 14.1. The highest BCUT2D eigenvalue weighted by Gasteiger charge is 2.30. The molecule has 0 radical (unpaired) electrons. The summed E-state index contributed by atoms with van der Waals surface area (Å²) in [5, 5.41) is 0. The quantitative estimate of drug-likeness (QED) is 0.919. The number of hydrogen-bond donors (Lipinski definition) is 1. The van der Waals surface area contributed by atoms with Crippen LogP contribution in [0.5, 0.6) is 0 Å². The molecule has 0 aliphatic carbocycles. The molecule has 0 aliphatic rings. The molecule has 0 saturated heterocycles. The van der Waals surface area contributed by atoms with Crippen LogP contribution in [0.2, 0.25) is 0 Å². The summed E-state index contributed by atoms with van der Waals surface area (Å²) < 4.78 is 39.8. The largest absolute Gasteiger partial charge is 0.217 e. The molecule has 0 aliphatic heterocycles. The van der Waals surface area contributed by atoms with Crippen LogP contribution in [0.1, 0.15) is 39.3 Å². The predicted molar refractivity (Wildman–Crippen MR) is 74.3 cm³/mol. The summed E-state index contributed by atoms with van der Waals surface area (Å²) in [7, 11) is -3.50. The minimum atomic E-state index is -3.50. The van der Waals surface area contributed by atoms with Crippen molar-refractivity contribution in [3.63, 3.8) is 0 Å². The maximum absolute atomic E-state index is 13.7. The third-order valence-corrected chi connectivity index (χ3v) is 5.34. The average molecular weight is 338 g/mol. The molecule has 1 N–H and O–H groups in total. The number of benzene rings is 1. The third kappa shape index (κ3) is 3.52. The van der Waals surface area contributed by atoms with E-state index in [2.05, 4.69) is 20.7 Å². The Morgan fingerprint density at radius 3 is 2.33 bits per heavy atom. The minimum Gasteiger partial charge on any atom is -0.212 e. The van der Waals surface area contributed by atoms with E-state index in [4.69, 9.17) is 0 Å². The van der Waals surface area contributed by atoms with Gasteiger partial charge in [0.25, 0.3) is 0 Å². The Hall–Kier alpha value is -0.460. The first kappa shape index (κ1) is 15.6. The van der Waals surface area contributed by atoms with E-state index < -0.39 is 26.6 Å². The van der Waals surface area contributed by atoms with Crippen LogP contribution < -0.4 is 4.72 Å². The van der Waals surface area contributed by atoms with Gasteiger partial charge in [0.15, 0.2) is 0 Å². The van der Waals surface area contributed by atoms with Crippen molar-refractivity contribution in [2.75, 3.05) is 0 Å². The lowest BCUT2D eigenvalue weighted by atomic mass is 10.1. The lowest BCUT2D eigenvalue weighted by Crippen LogP contribution is -2.40. The minimum absolute atomic E-state index is 0.325. The number of halogens is 2. The Balaban J connectivity index is 3.00. The highest BCUT2D eigenvalue weighted by atomic mass is 79.9. The lowest BCUT2D eigenvalue weighted by Gasteiger charge is -2.23. The first-order chi connectivity index (χ1) is 8.04. The van der Waals surface area contributed by atoms with Crippen LogP contribution in [0, 0.1) is 5.82 Å². The Morgan fingerprint density at radius 2 is 1.89 bits per heavy atom. The molecular formula is C12H17BrFNO2S. The van der Waals surface area contributed by atoms with Crippen molar-refractivity contribution in [1.82, 2.24) is 4.72 Å². The van der Waals surface area contributed by atoms with Crippen molar-refractivity contribution in [3.8, 4) is 0 Å². The van der Waals surface area contributed by atoms with Crippen LogP contribution in [0.25, 0.3) is 0 Å². The molecule has 0 unspecified atom stereocenters. The fraction of sp³-hybridized carbons (Fsp3) is 0.500. The van der Waals surface area contributed by atoms with E-state index >= 15 is 0 Å². The van der Waals surface area contributed by atoms with Crippen molar-refractivity contribution in [1.29, 1.82) is 0 Å². The first-order valence-corrected chi connectivity index (χ1v) is 7.79. The summed E-state index contributed by atoms with van der Waals surface area (Å²) in [6.07, 6.45) is 0. The summed E-state index contributed by atoms with van der Waals surface area (Å²) >= 11 is 3.16. The van der Waals surface area contributed by atoms with Crippen molar-refractivity contribution in [2.45, 2.75) is 38.5 Å². The van der Waals surface area contributed by atoms with Gasteiger partial charge in [-0.2, -0.15) is 0 Å². The maximum Gasteiger partial charge on any atom is 0.217 e. The highest BCUT2D eigenvalue weighted by Crippen LogP contribution is 2.23. The fourth-order valence-electron chi connectivity index (χ4n) is 1.33. The monoisotopic (exact) mass is 337 g/mol. The van der Waals surface area contributed by atoms with Gasteiger partial charge >= 0.3 is 0 Å². The van der Waals surface area contributed by atoms with Crippen molar-refractivity contribution >= 4 is 26.0 Å². The molecule has 0 bridgehead atoms. The van der Waals surface area contributed by atoms with Crippen molar-refractivity contribution in [2.24, 2.45) is 0 Å².